The van der Waals surface area contributed by atoms with Crippen molar-refractivity contribution in [3.05, 3.63) is 126 Å². The van der Waals surface area contributed by atoms with Gasteiger partial charge in [0.2, 0.25) is 0 Å². The molecule has 190 valence electrons. The largest absolute Gasteiger partial charge is 0.456 e. The van der Waals surface area contributed by atoms with Crippen LogP contribution in [0, 0.1) is 0 Å². The Labute approximate surface area is 234 Å². The van der Waals surface area contributed by atoms with Gasteiger partial charge in [-0.05, 0) is 48.5 Å². The average molecular weight is 537 g/mol. The van der Waals surface area contributed by atoms with E-state index in [0.29, 0.717) is 5.02 Å². The molecule has 8 aromatic rings. The number of pyridine rings is 1. The number of hydrogen-bond donors (Lipinski definition) is 1. The summed E-state index contributed by atoms with van der Waals surface area (Å²) in [5, 5.41) is 8.18. The molecule has 0 spiro atoms. The SMILES string of the molecule is Clc1ccccc1Nc1ccc2oc3c(-c4cccc5oc6ccccc6c45)nc(-c4ccccc4)cc3c2c1. The molecule has 4 nitrogen and oxygen atoms in total. The number of halogens is 1. The Hall–Kier alpha value is -5.06. The van der Waals surface area contributed by atoms with Crippen LogP contribution < -0.4 is 5.32 Å². The second-order valence-corrected chi connectivity index (χ2v) is 10.2. The number of anilines is 2. The van der Waals surface area contributed by atoms with E-state index in [4.69, 9.17) is 25.4 Å². The molecule has 0 radical (unpaired) electrons. The Kier molecular flexibility index (Phi) is 5.15. The lowest BCUT2D eigenvalue weighted by molar-refractivity contribution is 0.668. The van der Waals surface area contributed by atoms with Crippen LogP contribution in [0.2, 0.25) is 5.02 Å². The molecule has 0 bridgehead atoms. The lowest BCUT2D eigenvalue weighted by atomic mass is 10.00. The zero-order chi connectivity index (χ0) is 26.6. The van der Waals surface area contributed by atoms with Gasteiger partial charge in [0, 0.05) is 38.4 Å². The summed E-state index contributed by atoms with van der Waals surface area (Å²) >= 11 is 6.43. The molecule has 0 aliphatic rings. The molecule has 5 heteroatoms. The van der Waals surface area contributed by atoms with E-state index in [9.17, 15) is 0 Å². The van der Waals surface area contributed by atoms with Crippen LogP contribution in [-0.4, -0.2) is 4.98 Å². The molecular formula is C35H21ClN2O2. The first-order valence-corrected chi connectivity index (χ1v) is 13.5. The lowest BCUT2D eigenvalue weighted by Gasteiger charge is -2.09. The number of benzene rings is 5. The summed E-state index contributed by atoms with van der Waals surface area (Å²) in [6, 6.07) is 40.4. The number of nitrogens with zero attached hydrogens (tertiary/aromatic N) is 1. The molecule has 8 rings (SSSR count). The summed E-state index contributed by atoms with van der Waals surface area (Å²) in [4.78, 5) is 5.21. The molecule has 5 aromatic carbocycles. The fraction of sp³-hybridized carbons (Fsp3) is 0. The minimum absolute atomic E-state index is 0.665. The topological polar surface area (TPSA) is 51.2 Å². The molecule has 0 fully saturated rings. The standard InChI is InChI=1S/C35H21ClN2O2/c36-27-13-5-6-14-28(27)37-22-17-18-31-25(19-22)26-20-29(21-9-2-1-3-10-21)38-34(35(26)40-31)24-12-8-16-32-33(24)23-11-4-7-15-30(23)39-32/h1-20,37H. The Morgan fingerprint density at radius 1 is 0.600 bits per heavy atom. The van der Waals surface area contributed by atoms with Crippen LogP contribution in [0.15, 0.2) is 130 Å². The van der Waals surface area contributed by atoms with Gasteiger partial charge in [0.05, 0.1) is 16.4 Å². The summed E-state index contributed by atoms with van der Waals surface area (Å²) in [6.45, 7) is 0. The minimum atomic E-state index is 0.665. The van der Waals surface area contributed by atoms with Gasteiger partial charge in [-0.3, -0.25) is 0 Å². The summed E-state index contributed by atoms with van der Waals surface area (Å²) in [6.07, 6.45) is 0. The number of para-hydroxylation sites is 2. The van der Waals surface area contributed by atoms with Gasteiger partial charge in [0.1, 0.15) is 22.4 Å². The maximum absolute atomic E-state index is 6.55. The third-order valence-corrected chi connectivity index (χ3v) is 7.66. The van der Waals surface area contributed by atoms with Crippen molar-refractivity contribution in [1.29, 1.82) is 0 Å². The van der Waals surface area contributed by atoms with Gasteiger partial charge in [-0.2, -0.15) is 0 Å². The van der Waals surface area contributed by atoms with Crippen molar-refractivity contribution in [1.82, 2.24) is 4.98 Å². The van der Waals surface area contributed by atoms with Gasteiger partial charge in [-0.15, -0.1) is 0 Å². The monoisotopic (exact) mass is 536 g/mol. The number of nitrogens with one attached hydrogen (secondary N) is 1. The van der Waals surface area contributed by atoms with Crippen LogP contribution in [0.25, 0.3) is 66.4 Å². The van der Waals surface area contributed by atoms with E-state index in [1.54, 1.807) is 0 Å². The predicted octanol–water partition coefficient (Wildman–Crippen LogP) is 10.6. The number of hydrogen-bond acceptors (Lipinski definition) is 4. The second kappa shape index (κ2) is 9.01. The minimum Gasteiger partial charge on any atom is -0.456 e. The zero-order valence-electron chi connectivity index (χ0n) is 21.2. The first kappa shape index (κ1) is 22.9. The maximum Gasteiger partial charge on any atom is 0.161 e. The van der Waals surface area contributed by atoms with Crippen molar-refractivity contribution in [3.63, 3.8) is 0 Å². The molecule has 0 unspecified atom stereocenters. The average Bonchev–Trinajstić information content (AvgIpc) is 3.56. The van der Waals surface area contributed by atoms with Gasteiger partial charge in [-0.25, -0.2) is 4.98 Å². The third kappa shape index (κ3) is 3.65. The maximum atomic E-state index is 6.55. The molecule has 0 aliphatic heterocycles. The molecule has 3 aromatic heterocycles. The summed E-state index contributed by atoms with van der Waals surface area (Å²) < 4.78 is 12.8. The molecule has 0 amide bonds. The zero-order valence-corrected chi connectivity index (χ0v) is 21.9. The van der Waals surface area contributed by atoms with Gasteiger partial charge in [-0.1, -0.05) is 84.4 Å². The normalized spacial score (nSPS) is 11.6. The first-order chi connectivity index (χ1) is 19.7. The molecule has 3 heterocycles. The Bertz CT molecular complexity index is 2210. The highest BCUT2D eigenvalue weighted by atomic mass is 35.5. The van der Waals surface area contributed by atoms with E-state index < -0.39 is 0 Å². The van der Waals surface area contributed by atoms with Gasteiger partial charge < -0.3 is 14.2 Å². The van der Waals surface area contributed by atoms with Crippen LogP contribution in [0.3, 0.4) is 0 Å². The van der Waals surface area contributed by atoms with Gasteiger partial charge >= 0.3 is 0 Å². The van der Waals surface area contributed by atoms with Crippen molar-refractivity contribution in [2.45, 2.75) is 0 Å². The number of fused-ring (bicyclic) bond motifs is 6. The van der Waals surface area contributed by atoms with Crippen molar-refractivity contribution in [3.8, 4) is 22.5 Å². The Morgan fingerprint density at radius 3 is 2.27 bits per heavy atom. The predicted molar refractivity (Wildman–Crippen MR) is 164 cm³/mol. The van der Waals surface area contributed by atoms with Crippen molar-refractivity contribution in [2.24, 2.45) is 0 Å². The van der Waals surface area contributed by atoms with E-state index in [0.717, 1.165) is 77.8 Å². The van der Waals surface area contributed by atoms with Crippen LogP contribution >= 0.6 is 11.6 Å². The molecule has 0 saturated heterocycles. The second-order valence-electron chi connectivity index (χ2n) is 9.79. The quantitative estimate of drug-likeness (QED) is 0.243. The highest BCUT2D eigenvalue weighted by Gasteiger charge is 2.20. The van der Waals surface area contributed by atoms with E-state index in [1.165, 1.54) is 0 Å². The van der Waals surface area contributed by atoms with Crippen LogP contribution in [0.1, 0.15) is 0 Å². The summed E-state index contributed by atoms with van der Waals surface area (Å²) in [7, 11) is 0. The van der Waals surface area contributed by atoms with E-state index >= 15 is 0 Å². The van der Waals surface area contributed by atoms with Crippen molar-refractivity contribution >= 4 is 66.9 Å². The molecule has 0 aliphatic carbocycles. The fourth-order valence-corrected chi connectivity index (χ4v) is 5.67. The summed E-state index contributed by atoms with van der Waals surface area (Å²) in [5.41, 5.74) is 8.63. The molecule has 40 heavy (non-hydrogen) atoms. The van der Waals surface area contributed by atoms with Crippen molar-refractivity contribution < 1.29 is 8.83 Å². The number of furan rings is 2. The lowest BCUT2D eigenvalue weighted by Crippen LogP contribution is -1.91. The van der Waals surface area contributed by atoms with Crippen molar-refractivity contribution in [2.75, 3.05) is 5.32 Å². The first-order valence-electron chi connectivity index (χ1n) is 13.1. The number of aromatic nitrogens is 1. The van der Waals surface area contributed by atoms with E-state index in [-0.39, 0.29) is 0 Å². The summed E-state index contributed by atoms with van der Waals surface area (Å²) in [5.74, 6) is 0. The fourth-order valence-electron chi connectivity index (χ4n) is 5.48. The van der Waals surface area contributed by atoms with E-state index in [1.807, 2.05) is 84.9 Å². The molecule has 1 N–H and O–H groups in total. The Balaban J connectivity index is 1.42. The van der Waals surface area contributed by atoms with Gasteiger partial charge in [0.25, 0.3) is 0 Å². The van der Waals surface area contributed by atoms with Crippen LogP contribution in [0.4, 0.5) is 11.4 Å². The highest BCUT2D eigenvalue weighted by molar-refractivity contribution is 6.33. The Morgan fingerprint density at radius 2 is 1.38 bits per heavy atom. The third-order valence-electron chi connectivity index (χ3n) is 7.33. The highest BCUT2D eigenvalue weighted by Crippen LogP contribution is 2.42. The van der Waals surface area contributed by atoms with Crippen LogP contribution in [0.5, 0.6) is 0 Å². The van der Waals surface area contributed by atoms with Crippen LogP contribution in [-0.2, 0) is 0 Å². The van der Waals surface area contributed by atoms with Gasteiger partial charge in [0.15, 0.2) is 5.58 Å². The number of rotatable bonds is 4. The molecule has 0 atom stereocenters. The molecular weight excluding hydrogens is 516 g/mol. The van der Waals surface area contributed by atoms with E-state index in [2.05, 4.69) is 41.7 Å². The smallest absolute Gasteiger partial charge is 0.161 e. The molecule has 0 saturated carbocycles.